The first-order valence-corrected chi connectivity index (χ1v) is 8.07. The molecule has 0 aliphatic heterocycles. The summed E-state index contributed by atoms with van der Waals surface area (Å²) < 4.78 is 6.99. The zero-order valence-electron chi connectivity index (χ0n) is 14.9. The van der Waals surface area contributed by atoms with Gasteiger partial charge in [0.1, 0.15) is 0 Å². The fourth-order valence-corrected chi connectivity index (χ4v) is 2.58. The number of hydrogen-bond donors (Lipinski definition) is 1. The van der Waals surface area contributed by atoms with Gasteiger partial charge in [0.2, 0.25) is 0 Å². The predicted molar refractivity (Wildman–Crippen MR) is 93.6 cm³/mol. The second-order valence-electron chi connectivity index (χ2n) is 5.83. The number of amides is 2. The number of nitrogens with one attached hydrogen (secondary N) is 1. The minimum absolute atomic E-state index is 0.0986. The van der Waals surface area contributed by atoms with Crippen LogP contribution in [0, 0.1) is 13.8 Å². The van der Waals surface area contributed by atoms with Crippen LogP contribution in [0.2, 0.25) is 0 Å². The average molecular weight is 330 g/mol. The second-order valence-corrected chi connectivity index (χ2v) is 5.83. The van der Waals surface area contributed by atoms with Crippen LogP contribution in [0.4, 0.5) is 4.79 Å². The summed E-state index contributed by atoms with van der Waals surface area (Å²) in [5, 5.41) is 7.40. The molecule has 24 heavy (non-hydrogen) atoms. The van der Waals surface area contributed by atoms with E-state index in [1.165, 1.54) is 0 Å². The Morgan fingerprint density at radius 3 is 2.58 bits per heavy atom. The number of aryl methyl sites for hydroxylation is 2. The third-order valence-electron chi connectivity index (χ3n) is 4.15. The molecule has 130 valence electrons. The van der Waals surface area contributed by atoms with Crippen molar-refractivity contribution < 1.29 is 9.53 Å². The largest absolute Gasteiger partial charge is 0.383 e. The molecule has 0 unspecified atom stereocenters. The molecule has 0 aliphatic carbocycles. The summed E-state index contributed by atoms with van der Waals surface area (Å²) >= 11 is 0. The van der Waals surface area contributed by atoms with Crippen molar-refractivity contribution >= 4 is 6.03 Å². The summed E-state index contributed by atoms with van der Waals surface area (Å²) in [7, 11) is 3.56. The van der Waals surface area contributed by atoms with Gasteiger partial charge in [-0.3, -0.25) is 4.68 Å². The Kier molecular flexibility index (Phi) is 6.37. The number of carbonyl (C=O) groups is 1. The highest BCUT2D eigenvalue weighted by Gasteiger charge is 2.18. The van der Waals surface area contributed by atoms with E-state index in [9.17, 15) is 4.79 Å². The summed E-state index contributed by atoms with van der Waals surface area (Å²) in [4.78, 5) is 14.4. The van der Waals surface area contributed by atoms with E-state index in [-0.39, 0.29) is 6.03 Å². The molecule has 2 aromatic rings. The summed E-state index contributed by atoms with van der Waals surface area (Å²) in [5.74, 6) is 0. The molecule has 0 spiro atoms. The van der Waals surface area contributed by atoms with E-state index in [2.05, 4.69) is 10.4 Å². The Hall–Kier alpha value is -2.34. The normalized spacial score (nSPS) is 10.7. The molecule has 2 rings (SSSR count). The minimum Gasteiger partial charge on any atom is -0.383 e. The quantitative estimate of drug-likeness (QED) is 0.848. The Morgan fingerprint density at radius 2 is 2.00 bits per heavy atom. The molecule has 1 aromatic carbocycles. The van der Waals surface area contributed by atoms with E-state index >= 15 is 0 Å². The van der Waals surface area contributed by atoms with Crippen LogP contribution in [0.5, 0.6) is 0 Å². The van der Waals surface area contributed by atoms with Crippen LogP contribution >= 0.6 is 0 Å². The van der Waals surface area contributed by atoms with Crippen LogP contribution in [-0.2, 0) is 24.9 Å². The van der Waals surface area contributed by atoms with E-state index in [1.807, 2.05) is 55.9 Å². The summed E-state index contributed by atoms with van der Waals surface area (Å²) in [6, 6.07) is 9.78. The number of urea groups is 1. The second kappa shape index (κ2) is 8.49. The highest BCUT2D eigenvalue weighted by atomic mass is 16.5. The maximum Gasteiger partial charge on any atom is 0.318 e. The number of ether oxygens (including phenoxy) is 1. The van der Waals surface area contributed by atoms with Gasteiger partial charge < -0.3 is 15.0 Å². The van der Waals surface area contributed by atoms with Gasteiger partial charge in [-0.2, -0.15) is 5.10 Å². The highest BCUT2D eigenvalue weighted by Crippen LogP contribution is 2.15. The molecule has 0 saturated heterocycles. The van der Waals surface area contributed by atoms with Gasteiger partial charge >= 0.3 is 6.03 Å². The SMILES string of the molecule is COCCN(Cc1c(C)nn(C)c1C)C(=O)NCc1ccccc1. The van der Waals surface area contributed by atoms with Gasteiger partial charge in [-0.25, -0.2) is 4.79 Å². The highest BCUT2D eigenvalue weighted by molar-refractivity contribution is 5.74. The molecule has 0 saturated carbocycles. The Labute approximate surface area is 143 Å². The van der Waals surface area contributed by atoms with Crippen molar-refractivity contribution in [2.45, 2.75) is 26.9 Å². The molecular weight excluding hydrogens is 304 g/mol. The smallest absolute Gasteiger partial charge is 0.318 e. The molecule has 1 N–H and O–H groups in total. The van der Waals surface area contributed by atoms with Crippen molar-refractivity contribution in [3.8, 4) is 0 Å². The third kappa shape index (κ3) is 4.58. The number of benzene rings is 1. The first-order chi connectivity index (χ1) is 11.5. The van der Waals surface area contributed by atoms with Crippen molar-refractivity contribution in [3.63, 3.8) is 0 Å². The molecular formula is C18H26N4O2. The number of nitrogens with zero attached hydrogens (tertiary/aromatic N) is 3. The molecule has 1 aromatic heterocycles. The van der Waals surface area contributed by atoms with Crippen LogP contribution in [0.25, 0.3) is 0 Å². The summed E-state index contributed by atoms with van der Waals surface area (Å²) in [6.07, 6.45) is 0. The van der Waals surface area contributed by atoms with Crippen LogP contribution in [0.3, 0.4) is 0 Å². The average Bonchev–Trinajstić information content (AvgIpc) is 2.83. The lowest BCUT2D eigenvalue weighted by molar-refractivity contribution is 0.146. The number of methoxy groups -OCH3 is 1. The minimum atomic E-state index is -0.0986. The lowest BCUT2D eigenvalue weighted by Gasteiger charge is -2.23. The van der Waals surface area contributed by atoms with Gasteiger partial charge in [0.15, 0.2) is 0 Å². The maximum atomic E-state index is 12.6. The van der Waals surface area contributed by atoms with E-state index in [0.717, 1.165) is 22.5 Å². The van der Waals surface area contributed by atoms with Gasteiger partial charge in [-0.15, -0.1) is 0 Å². The lowest BCUT2D eigenvalue weighted by atomic mass is 10.2. The predicted octanol–water partition coefficient (Wildman–Crippen LogP) is 2.40. The molecule has 0 aliphatic rings. The molecule has 0 fully saturated rings. The van der Waals surface area contributed by atoms with Gasteiger partial charge in [0.25, 0.3) is 0 Å². The van der Waals surface area contributed by atoms with Crippen LogP contribution < -0.4 is 5.32 Å². The summed E-state index contributed by atoms with van der Waals surface area (Å²) in [6.45, 7) is 6.05. The fourth-order valence-electron chi connectivity index (χ4n) is 2.58. The van der Waals surface area contributed by atoms with Crippen molar-refractivity contribution in [2.75, 3.05) is 20.3 Å². The van der Waals surface area contributed by atoms with Crippen LogP contribution in [-0.4, -0.2) is 41.0 Å². The topological polar surface area (TPSA) is 59.4 Å². The molecule has 0 atom stereocenters. The van der Waals surface area contributed by atoms with Gasteiger partial charge in [0.05, 0.1) is 18.8 Å². The lowest BCUT2D eigenvalue weighted by Crippen LogP contribution is -2.41. The Bertz CT molecular complexity index is 667. The van der Waals surface area contributed by atoms with Gasteiger partial charge in [-0.05, 0) is 19.4 Å². The van der Waals surface area contributed by atoms with Crippen LogP contribution in [0.15, 0.2) is 30.3 Å². The zero-order valence-corrected chi connectivity index (χ0v) is 14.9. The first-order valence-electron chi connectivity index (χ1n) is 8.07. The molecule has 6 heteroatoms. The zero-order chi connectivity index (χ0) is 17.5. The molecule has 0 radical (unpaired) electrons. The number of aromatic nitrogens is 2. The van der Waals surface area contributed by atoms with Crippen molar-refractivity contribution in [3.05, 3.63) is 52.8 Å². The third-order valence-corrected chi connectivity index (χ3v) is 4.15. The van der Waals surface area contributed by atoms with E-state index in [4.69, 9.17) is 4.74 Å². The van der Waals surface area contributed by atoms with Gasteiger partial charge in [-0.1, -0.05) is 30.3 Å². The van der Waals surface area contributed by atoms with Gasteiger partial charge in [0, 0.05) is 38.5 Å². The maximum absolute atomic E-state index is 12.6. The molecule has 0 bridgehead atoms. The molecule has 2 amide bonds. The number of hydrogen-bond acceptors (Lipinski definition) is 3. The van der Waals surface area contributed by atoms with Crippen molar-refractivity contribution in [1.82, 2.24) is 20.0 Å². The van der Waals surface area contributed by atoms with Crippen LogP contribution in [0.1, 0.15) is 22.5 Å². The van der Waals surface area contributed by atoms with E-state index in [0.29, 0.717) is 26.2 Å². The van der Waals surface area contributed by atoms with E-state index < -0.39 is 0 Å². The fraction of sp³-hybridized carbons (Fsp3) is 0.444. The Balaban J connectivity index is 2.05. The molecule has 6 nitrogen and oxygen atoms in total. The van der Waals surface area contributed by atoms with Crippen molar-refractivity contribution in [1.29, 1.82) is 0 Å². The first kappa shape index (κ1) is 18.0. The van der Waals surface area contributed by atoms with Crippen molar-refractivity contribution in [2.24, 2.45) is 7.05 Å². The number of rotatable bonds is 7. The monoisotopic (exact) mass is 330 g/mol. The van der Waals surface area contributed by atoms with E-state index in [1.54, 1.807) is 12.0 Å². The number of carbonyl (C=O) groups excluding carboxylic acids is 1. The molecule has 1 heterocycles. The Morgan fingerprint density at radius 1 is 1.29 bits per heavy atom. The standard InChI is InChI=1S/C18H26N4O2/c1-14-17(15(2)21(3)20-14)13-22(10-11-24-4)18(23)19-12-16-8-6-5-7-9-16/h5-9H,10-13H2,1-4H3,(H,19,23). The summed E-state index contributed by atoms with van der Waals surface area (Å²) in [5.41, 5.74) is 4.19.